The molecular formula is C14H24N4. The number of aromatic nitrogens is 1. The molecule has 1 aromatic heterocycles. The smallest absolute Gasteiger partial charge is 0.0547 e. The number of rotatable bonds is 6. The van der Waals surface area contributed by atoms with Crippen molar-refractivity contribution in [3.05, 3.63) is 18.5 Å². The fourth-order valence-electron chi connectivity index (χ4n) is 2.38. The zero-order valence-corrected chi connectivity index (χ0v) is 11.3. The molecule has 1 aliphatic heterocycles. The fourth-order valence-corrected chi connectivity index (χ4v) is 2.38. The van der Waals surface area contributed by atoms with Gasteiger partial charge in [-0.15, -0.1) is 0 Å². The fraction of sp³-hybridized carbons (Fsp3) is 0.643. The first-order valence-electron chi connectivity index (χ1n) is 7.03. The molecule has 0 spiro atoms. The van der Waals surface area contributed by atoms with Crippen molar-refractivity contribution in [1.82, 2.24) is 9.88 Å². The van der Waals surface area contributed by atoms with E-state index in [0.717, 1.165) is 31.0 Å². The summed E-state index contributed by atoms with van der Waals surface area (Å²) in [6.07, 6.45) is 7.86. The molecule has 1 aromatic rings. The lowest BCUT2D eigenvalue weighted by atomic mass is 10.1. The highest BCUT2D eigenvalue weighted by Gasteiger charge is 2.08. The standard InChI is InChI=1S/C14H24N4/c1-2-16-13-10-14(12-15-11-13)17-6-9-18-7-4-3-5-8-18/h10-12,16-17H,2-9H2,1H3. The first-order chi connectivity index (χ1) is 8.88. The zero-order valence-electron chi connectivity index (χ0n) is 11.3. The van der Waals surface area contributed by atoms with E-state index in [1.165, 1.54) is 32.4 Å². The topological polar surface area (TPSA) is 40.2 Å². The third-order valence-corrected chi connectivity index (χ3v) is 3.32. The van der Waals surface area contributed by atoms with Crippen LogP contribution in [0.3, 0.4) is 0 Å². The molecule has 1 aliphatic rings. The lowest BCUT2D eigenvalue weighted by Crippen LogP contribution is -2.33. The van der Waals surface area contributed by atoms with Crippen LogP contribution in [-0.2, 0) is 0 Å². The first-order valence-corrected chi connectivity index (χ1v) is 7.03. The molecule has 0 amide bonds. The average Bonchev–Trinajstić information content (AvgIpc) is 2.41. The van der Waals surface area contributed by atoms with Gasteiger partial charge in [0.1, 0.15) is 0 Å². The minimum absolute atomic E-state index is 0.929. The van der Waals surface area contributed by atoms with Crippen LogP contribution in [0.15, 0.2) is 18.5 Å². The van der Waals surface area contributed by atoms with E-state index in [1.54, 1.807) is 0 Å². The molecule has 0 atom stereocenters. The summed E-state index contributed by atoms with van der Waals surface area (Å²) in [6.45, 7) is 7.67. The van der Waals surface area contributed by atoms with E-state index in [9.17, 15) is 0 Å². The van der Waals surface area contributed by atoms with Crippen molar-refractivity contribution in [2.45, 2.75) is 26.2 Å². The molecule has 1 saturated heterocycles. The number of likely N-dealkylation sites (tertiary alicyclic amines) is 1. The third-order valence-electron chi connectivity index (χ3n) is 3.32. The Labute approximate surface area is 110 Å². The van der Waals surface area contributed by atoms with Crippen LogP contribution in [0, 0.1) is 0 Å². The Balaban J connectivity index is 1.73. The lowest BCUT2D eigenvalue weighted by molar-refractivity contribution is 0.237. The highest BCUT2D eigenvalue weighted by Crippen LogP contribution is 2.13. The Morgan fingerprint density at radius 2 is 1.83 bits per heavy atom. The number of nitrogens with zero attached hydrogens (tertiary/aromatic N) is 2. The van der Waals surface area contributed by atoms with Gasteiger partial charge in [0.2, 0.25) is 0 Å². The van der Waals surface area contributed by atoms with Crippen molar-refractivity contribution in [3.8, 4) is 0 Å². The highest BCUT2D eigenvalue weighted by molar-refractivity contribution is 5.53. The van der Waals surface area contributed by atoms with Crippen LogP contribution in [0.5, 0.6) is 0 Å². The van der Waals surface area contributed by atoms with Gasteiger partial charge in [-0.3, -0.25) is 4.98 Å². The van der Waals surface area contributed by atoms with Crippen molar-refractivity contribution in [1.29, 1.82) is 0 Å². The number of hydrogen-bond acceptors (Lipinski definition) is 4. The second-order valence-electron chi connectivity index (χ2n) is 4.82. The maximum atomic E-state index is 4.23. The number of pyridine rings is 1. The van der Waals surface area contributed by atoms with E-state index in [1.807, 2.05) is 12.4 Å². The molecule has 2 rings (SSSR count). The first kappa shape index (κ1) is 13.1. The molecular weight excluding hydrogens is 224 g/mol. The quantitative estimate of drug-likeness (QED) is 0.811. The Morgan fingerprint density at radius 3 is 2.56 bits per heavy atom. The van der Waals surface area contributed by atoms with E-state index in [0.29, 0.717) is 0 Å². The monoisotopic (exact) mass is 248 g/mol. The number of nitrogens with one attached hydrogen (secondary N) is 2. The Hall–Kier alpha value is -1.29. The summed E-state index contributed by atoms with van der Waals surface area (Å²) in [6, 6.07) is 2.12. The molecule has 2 heterocycles. The summed E-state index contributed by atoms with van der Waals surface area (Å²) in [5.41, 5.74) is 2.19. The highest BCUT2D eigenvalue weighted by atomic mass is 15.1. The van der Waals surface area contributed by atoms with Crippen LogP contribution >= 0.6 is 0 Å². The molecule has 0 aliphatic carbocycles. The van der Waals surface area contributed by atoms with Crippen molar-refractivity contribution < 1.29 is 0 Å². The van der Waals surface area contributed by atoms with Crippen molar-refractivity contribution in [2.24, 2.45) is 0 Å². The van der Waals surface area contributed by atoms with Gasteiger partial charge in [0, 0.05) is 19.6 Å². The maximum Gasteiger partial charge on any atom is 0.0547 e. The minimum atomic E-state index is 0.929. The predicted octanol–water partition coefficient (Wildman–Crippen LogP) is 2.41. The molecule has 0 saturated carbocycles. The summed E-state index contributed by atoms with van der Waals surface area (Å²) in [4.78, 5) is 6.77. The summed E-state index contributed by atoms with van der Waals surface area (Å²) in [5.74, 6) is 0. The molecule has 1 fully saturated rings. The number of hydrogen-bond donors (Lipinski definition) is 2. The van der Waals surface area contributed by atoms with Gasteiger partial charge in [-0.2, -0.15) is 0 Å². The molecule has 0 aromatic carbocycles. The van der Waals surface area contributed by atoms with E-state index in [2.05, 4.69) is 33.5 Å². The molecule has 100 valence electrons. The lowest BCUT2D eigenvalue weighted by Gasteiger charge is -2.26. The largest absolute Gasteiger partial charge is 0.384 e. The van der Waals surface area contributed by atoms with E-state index >= 15 is 0 Å². The Kier molecular flexibility index (Phi) is 5.27. The number of anilines is 2. The SMILES string of the molecule is CCNc1cncc(NCCN2CCCCC2)c1. The predicted molar refractivity (Wildman–Crippen MR) is 77.2 cm³/mol. The van der Waals surface area contributed by atoms with Gasteiger partial charge < -0.3 is 15.5 Å². The molecule has 0 unspecified atom stereocenters. The van der Waals surface area contributed by atoms with Gasteiger partial charge in [0.15, 0.2) is 0 Å². The second-order valence-corrected chi connectivity index (χ2v) is 4.82. The molecule has 0 bridgehead atoms. The average molecular weight is 248 g/mol. The van der Waals surface area contributed by atoms with Crippen LogP contribution in [-0.4, -0.2) is 42.6 Å². The zero-order chi connectivity index (χ0) is 12.6. The molecule has 0 radical (unpaired) electrons. The van der Waals surface area contributed by atoms with Crippen molar-refractivity contribution in [3.63, 3.8) is 0 Å². The molecule has 4 heteroatoms. The Morgan fingerprint density at radius 1 is 1.11 bits per heavy atom. The van der Waals surface area contributed by atoms with Crippen molar-refractivity contribution in [2.75, 3.05) is 43.4 Å². The van der Waals surface area contributed by atoms with Gasteiger partial charge in [-0.1, -0.05) is 6.42 Å². The van der Waals surface area contributed by atoms with Gasteiger partial charge in [-0.05, 0) is 38.9 Å². The third kappa shape index (κ3) is 4.18. The van der Waals surface area contributed by atoms with Gasteiger partial charge in [0.25, 0.3) is 0 Å². The van der Waals surface area contributed by atoms with Crippen LogP contribution in [0.1, 0.15) is 26.2 Å². The second kappa shape index (κ2) is 7.21. The maximum absolute atomic E-state index is 4.23. The summed E-state index contributed by atoms with van der Waals surface area (Å²) < 4.78 is 0. The van der Waals surface area contributed by atoms with E-state index < -0.39 is 0 Å². The van der Waals surface area contributed by atoms with E-state index in [4.69, 9.17) is 0 Å². The number of piperidine rings is 1. The van der Waals surface area contributed by atoms with E-state index in [-0.39, 0.29) is 0 Å². The van der Waals surface area contributed by atoms with Gasteiger partial charge in [0.05, 0.1) is 23.8 Å². The Bertz CT molecular complexity index is 347. The molecule has 4 nitrogen and oxygen atoms in total. The van der Waals surface area contributed by atoms with Crippen LogP contribution in [0.2, 0.25) is 0 Å². The molecule has 2 N–H and O–H groups in total. The summed E-state index contributed by atoms with van der Waals surface area (Å²) in [5, 5.41) is 6.72. The summed E-state index contributed by atoms with van der Waals surface area (Å²) >= 11 is 0. The molecule has 18 heavy (non-hydrogen) atoms. The van der Waals surface area contributed by atoms with Gasteiger partial charge in [-0.25, -0.2) is 0 Å². The van der Waals surface area contributed by atoms with Crippen LogP contribution in [0.25, 0.3) is 0 Å². The van der Waals surface area contributed by atoms with Crippen molar-refractivity contribution >= 4 is 11.4 Å². The van der Waals surface area contributed by atoms with Crippen LogP contribution < -0.4 is 10.6 Å². The minimum Gasteiger partial charge on any atom is -0.384 e. The normalized spacial score (nSPS) is 16.5. The van der Waals surface area contributed by atoms with Gasteiger partial charge >= 0.3 is 0 Å². The van der Waals surface area contributed by atoms with Crippen LogP contribution in [0.4, 0.5) is 11.4 Å². The summed E-state index contributed by atoms with van der Waals surface area (Å²) in [7, 11) is 0.